The Labute approximate surface area is 58.9 Å². The van der Waals surface area contributed by atoms with Crippen molar-refractivity contribution in [1.82, 2.24) is 4.98 Å². The van der Waals surface area contributed by atoms with Gasteiger partial charge in [-0.1, -0.05) is 0 Å². The third-order valence-corrected chi connectivity index (χ3v) is 2.03. The van der Waals surface area contributed by atoms with Crippen molar-refractivity contribution < 1.29 is 0 Å². The summed E-state index contributed by atoms with van der Waals surface area (Å²) in [7, 11) is 1.89. The second-order valence-corrected chi connectivity index (χ2v) is 3.29. The maximum Gasteiger partial charge on any atom is 0.139 e. The van der Waals surface area contributed by atoms with E-state index in [0.717, 1.165) is 10.8 Å². The van der Waals surface area contributed by atoms with Gasteiger partial charge in [0.1, 0.15) is 5.82 Å². The number of aromatic nitrogens is 1. The topological polar surface area (TPSA) is 24.9 Å². The summed E-state index contributed by atoms with van der Waals surface area (Å²) in [5.74, 6) is 1.01. The van der Waals surface area contributed by atoms with Gasteiger partial charge in [0, 0.05) is 11.9 Å². The van der Waals surface area contributed by atoms with E-state index in [4.69, 9.17) is 0 Å². The van der Waals surface area contributed by atoms with Crippen LogP contribution in [-0.2, 0) is 0 Å². The predicted molar refractivity (Wildman–Crippen MR) is 41.1 cm³/mol. The molecular weight excluding hydrogens is 132 g/mol. The summed E-state index contributed by atoms with van der Waals surface area (Å²) in [6, 6.07) is 0. The van der Waals surface area contributed by atoms with Gasteiger partial charge in [0.2, 0.25) is 0 Å². The maximum atomic E-state index is 4.24. The Balaban J connectivity index is 3.01. The molecule has 0 saturated heterocycles. The van der Waals surface area contributed by atoms with Crippen LogP contribution < -0.4 is 5.32 Å². The van der Waals surface area contributed by atoms with E-state index in [-0.39, 0.29) is 0 Å². The number of anilines is 1. The zero-order chi connectivity index (χ0) is 6.85. The van der Waals surface area contributed by atoms with Crippen LogP contribution in [-0.4, -0.2) is 12.0 Å². The van der Waals surface area contributed by atoms with E-state index in [1.165, 1.54) is 4.88 Å². The number of rotatable bonds is 1. The molecule has 1 heterocycles. The van der Waals surface area contributed by atoms with Crippen molar-refractivity contribution >= 4 is 17.2 Å². The molecule has 1 aromatic rings. The van der Waals surface area contributed by atoms with Crippen molar-refractivity contribution in [3.05, 3.63) is 9.88 Å². The van der Waals surface area contributed by atoms with Crippen molar-refractivity contribution in [2.45, 2.75) is 13.8 Å². The molecule has 1 rings (SSSR count). The highest BCUT2D eigenvalue weighted by Gasteiger charge is 1.99. The fraction of sp³-hybridized carbons (Fsp3) is 0.500. The zero-order valence-electron chi connectivity index (χ0n) is 5.86. The molecule has 0 bridgehead atoms. The Morgan fingerprint density at radius 3 is 2.33 bits per heavy atom. The molecule has 2 nitrogen and oxygen atoms in total. The molecule has 3 heteroatoms. The van der Waals surface area contributed by atoms with Crippen LogP contribution in [0.4, 0.5) is 5.82 Å². The minimum atomic E-state index is 1.01. The molecule has 0 radical (unpaired) electrons. The lowest BCUT2D eigenvalue weighted by atomic mass is 10.5. The highest BCUT2D eigenvalue weighted by Crippen LogP contribution is 2.19. The van der Waals surface area contributed by atoms with E-state index >= 15 is 0 Å². The molecule has 0 aliphatic carbocycles. The van der Waals surface area contributed by atoms with Crippen LogP contribution in [0.1, 0.15) is 9.88 Å². The average Bonchev–Trinajstić information content (AvgIpc) is 2.10. The Kier molecular flexibility index (Phi) is 1.71. The summed E-state index contributed by atoms with van der Waals surface area (Å²) in [5, 5.41) is 4.14. The summed E-state index contributed by atoms with van der Waals surface area (Å²) < 4.78 is 0. The molecular formula is C6H10N2S. The number of aryl methyl sites for hydroxylation is 2. The summed E-state index contributed by atoms with van der Waals surface area (Å²) >= 11 is 1.72. The van der Waals surface area contributed by atoms with Gasteiger partial charge in [0.25, 0.3) is 0 Å². The molecule has 0 unspecified atom stereocenters. The van der Waals surface area contributed by atoms with Gasteiger partial charge in [-0.05, 0) is 13.8 Å². The lowest BCUT2D eigenvalue weighted by Gasteiger charge is -1.90. The van der Waals surface area contributed by atoms with E-state index in [1.807, 2.05) is 14.0 Å². The third kappa shape index (κ3) is 1.21. The summed E-state index contributed by atoms with van der Waals surface area (Å²) in [5.41, 5.74) is 0. The van der Waals surface area contributed by atoms with Gasteiger partial charge < -0.3 is 5.32 Å². The SMILES string of the molecule is CNc1nc(C)sc1C. The first-order valence-electron chi connectivity index (χ1n) is 2.86. The Morgan fingerprint density at radius 1 is 1.44 bits per heavy atom. The highest BCUT2D eigenvalue weighted by molar-refractivity contribution is 7.12. The fourth-order valence-corrected chi connectivity index (χ4v) is 1.59. The maximum absolute atomic E-state index is 4.24. The predicted octanol–water partition coefficient (Wildman–Crippen LogP) is 1.80. The van der Waals surface area contributed by atoms with Crippen LogP contribution in [0.15, 0.2) is 0 Å². The van der Waals surface area contributed by atoms with Crippen LogP contribution in [0, 0.1) is 13.8 Å². The smallest absolute Gasteiger partial charge is 0.139 e. The molecule has 1 aromatic heterocycles. The standard InChI is InChI=1S/C6H10N2S/c1-4-6(7-3)8-5(2)9-4/h7H,1-3H3. The first-order valence-corrected chi connectivity index (χ1v) is 3.67. The summed E-state index contributed by atoms with van der Waals surface area (Å²) in [4.78, 5) is 5.50. The molecule has 0 aliphatic heterocycles. The molecule has 0 atom stereocenters. The molecule has 0 spiro atoms. The average molecular weight is 142 g/mol. The first kappa shape index (κ1) is 6.55. The molecule has 0 amide bonds. The van der Waals surface area contributed by atoms with E-state index < -0.39 is 0 Å². The molecule has 0 saturated carbocycles. The van der Waals surface area contributed by atoms with E-state index in [2.05, 4.69) is 17.2 Å². The van der Waals surface area contributed by atoms with Gasteiger partial charge in [0.15, 0.2) is 0 Å². The van der Waals surface area contributed by atoms with Gasteiger partial charge in [0.05, 0.1) is 5.01 Å². The van der Waals surface area contributed by atoms with Crippen LogP contribution >= 0.6 is 11.3 Å². The van der Waals surface area contributed by atoms with Crippen molar-refractivity contribution in [1.29, 1.82) is 0 Å². The van der Waals surface area contributed by atoms with E-state index in [0.29, 0.717) is 0 Å². The summed E-state index contributed by atoms with van der Waals surface area (Å²) in [6.07, 6.45) is 0. The normalized spacial score (nSPS) is 9.67. The molecule has 1 N–H and O–H groups in total. The first-order chi connectivity index (χ1) is 4.24. The van der Waals surface area contributed by atoms with Crippen LogP contribution in [0.25, 0.3) is 0 Å². The molecule has 50 valence electrons. The zero-order valence-corrected chi connectivity index (χ0v) is 6.67. The fourth-order valence-electron chi connectivity index (χ4n) is 0.761. The minimum Gasteiger partial charge on any atom is -0.372 e. The van der Waals surface area contributed by atoms with Crippen LogP contribution in [0.3, 0.4) is 0 Å². The van der Waals surface area contributed by atoms with Gasteiger partial charge in [-0.3, -0.25) is 0 Å². The molecule has 0 aliphatic rings. The Bertz CT molecular complexity index is 205. The molecule has 9 heavy (non-hydrogen) atoms. The quantitative estimate of drug-likeness (QED) is 0.646. The van der Waals surface area contributed by atoms with Crippen molar-refractivity contribution in [2.24, 2.45) is 0 Å². The van der Waals surface area contributed by atoms with Crippen LogP contribution in [0.2, 0.25) is 0 Å². The number of thiazole rings is 1. The summed E-state index contributed by atoms with van der Waals surface area (Å²) in [6.45, 7) is 4.08. The lowest BCUT2D eigenvalue weighted by molar-refractivity contribution is 1.26. The highest BCUT2D eigenvalue weighted by atomic mass is 32.1. The lowest BCUT2D eigenvalue weighted by Crippen LogP contribution is -1.88. The van der Waals surface area contributed by atoms with Crippen molar-refractivity contribution in [3.63, 3.8) is 0 Å². The van der Waals surface area contributed by atoms with Gasteiger partial charge in [-0.2, -0.15) is 0 Å². The minimum absolute atomic E-state index is 1.01. The molecule has 0 aromatic carbocycles. The third-order valence-electron chi connectivity index (χ3n) is 1.14. The second kappa shape index (κ2) is 2.35. The van der Waals surface area contributed by atoms with Crippen LogP contribution in [0.5, 0.6) is 0 Å². The monoisotopic (exact) mass is 142 g/mol. The van der Waals surface area contributed by atoms with E-state index in [9.17, 15) is 0 Å². The Hall–Kier alpha value is -0.570. The van der Waals surface area contributed by atoms with E-state index in [1.54, 1.807) is 11.3 Å². The van der Waals surface area contributed by atoms with Gasteiger partial charge >= 0.3 is 0 Å². The van der Waals surface area contributed by atoms with Gasteiger partial charge in [-0.25, -0.2) is 4.98 Å². The molecule has 0 fully saturated rings. The van der Waals surface area contributed by atoms with Crippen molar-refractivity contribution in [3.8, 4) is 0 Å². The number of nitrogens with zero attached hydrogens (tertiary/aromatic N) is 1. The number of hydrogen-bond donors (Lipinski definition) is 1. The number of nitrogens with one attached hydrogen (secondary N) is 1. The number of hydrogen-bond acceptors (Lipinski definition) is 3. The Morgan fingerprint density at radius 2 is 2.11 bits per heavy atom. The second-order valence-electron chi connectivity index (χ2n) is 1.89. The van der Waals surface area contributed by atoms with Gasteiger partial charge in [-0.15, -0.1) is 11.3 Å². The largest absolute Gasteiger partial charge is 0.372 e. The van der Waals surface area contributed by atoms with Crippen molar-refractivity contribution in [2.75, 3.05) is 12.4 Å².